The Labute approximate surface area is 101 Å². The van der Waals surface area contributed by atoms with Crippen LogP contribution in [0.4, 0.5) is 5.82 Å². The molecule has 0 bridgehead atoms. The highest BCUT2D eigenvalue weighted by atomic mass is 32.2. The first kappa shape index (κ1) is 12.4. The minimum atomic E-state index is -3.37. The Balaban J connectivity index is 1.96. The second-order valence-electron chi connectivity index (χ2n) is 4.15. The minimum absolute atomic E-state index is 0.00131. The van der Waals surface area contributed by atoms with E-state index < -0.39 is 10.0 Å². The SMILES string of the molecule is CCc1cc(NS(=O)(=O)CC2CCCO2)n[nH]1. The molecule has 0 saturated carbocycles. The number of ether oxygens (including phenoxy) is 1. The molecular formula is C10H17N3O3S. The second-order valence-corrected chi connectivity index (χ2v) is 5.92. The second kappa shape index (κ2) is 5.05. The van der Waals surface area contributed by atoms with Crippen LogP contribution in [0.15, 0.2) is 6.07 Å². The number of rotatable bonds is 5. The summed E-state index contributed by atoms with van der Waals surface area (Å²) in [6.45, 7) is 2.63. The van der Waals surface area contributed by atoms with Crippen LogP contribution in [0.5, 0.6) is 0 Å². The number of hydrogen-bond acceptors (Lipinski definition) is 4. The van der Waals surface area contributed by atoms with Crippen molar-refractivity contribution in [3.8, 4) is 0 Å². The van der Waals surface area contributed by atoms with Gasteiger partial charge in [0, 0.05) is 18.4 Å². The summed E-state index contributed by atoms with van der Waals surface area (Å²) in [5.41, 5.74) is 0.903. The molecule has 0 spiro atoms. The van der Waals surface area contributed by atoms with Crippen LogP contribution in [0, 0.1) is 0 Å². The molecule has 7 heteroatoms. The molecular weight excluding hydrogens is 242 g/mol. The Morgan fingerprint density at radius 1 is 1.65 bits per heavy atom. The van der Waals surface area contributed by atoms with Crippen LogP contribution in [-0.2, 0) is 21.2 Å². The molecule has 2 rings (SSSR count). The molecule has 0 aliphatic carbocycles. The third kappa shape index (κ3) is 3.44. The average Bonchev–Trinajstić information content (AvgIpc) is 2.88. The predicted molar refractivity (Wildman–Crippen MR) is 64.3 cm³/mol. The number of aryl methyl sites for hydroxylation is 1. The molecule has 1 aliphatic heterocycles. The number of aromatic nitrogens is 2. The molecule has 0 amide bonds. The van der Waals surface area contributed by atoms with E-state index in [4.69, 9.17) is 4.74 Å². The third-order valence-corrected chi connectivity index (χ3v) is 4.03. The molecule has 0 aromatic carbocycles. The summed E-state index contributed by atoms with van der Waals surface area (Å²) in [4.78, 5) is 0. The summed E-state index contributed by atoms with van der Waals surface area (Å²) in [7, 11) is -3.37. The molecule has 6 nitrogen and oxygen atoms in total. The fourth-order valence-corrected chi connectivity index (χ4v) is 3.08. The summed E-state index contributed by atoms with van der Waals surface area (Å²) in [6.07, 6.45) is 2.35. The maximum absolute atomic E-state index is 11.8. The molecule has 17 heavy (non-hydrogen) atoms. The number of anilines is 1. The fraction of sp³-hybridized carbons (Fsp3) is 0.700. The number of nitrogens with zero attached hydrogens (tertiary/aromatic N) is 1. The van der Waals surface area contributed by atoms with Gasteiger partial charge in [-0.2, -0.15) is 5.10 Å². The van der Waals surface area contributed by atoms with Crippen molar-refractivity contribution in [2.24, 2.45) is 0 Å². The van der Waals surface area contributed by atoms with Crippen molar-refractivity contribution in [2.75, 3.05) is 17.1 Å². The highest BCUT2D eigenvalue weighted by molar-refractivity contribution is 7.92. The van der Waals surface area contributed by atoms with Crippen LogP contribution in [0.1, 0.15) is 25.5 Å². The smallest absolute Gasteiger partial charge is 0.236 e. The average molecular weight is 259 g/mol. The maximum atomic E-state index is 11.8. The summed E-state index contributed by atoms with van der Waals surface area (Å²) in [5, 5.41) is 6.65. The Morgan fingerprint density at radius 3 is 3.06 bits per heavy atom. The van der Waals surface area contributed by atoms with Gasteiger partial charge in [0.2, 0.25) is 10.0 Å². The molecule has 1 aromatic rings. The summed E-state index contributed by atoms with van der Waals surface area (Å²) < 4.78 is 31.4. The lowest BCUT2D eigenvalue weighted by atomic mass is 10.3. The van der Waals surface area contributed by atoms with E-state index in [1.54, 1.807) is 6.07 Å². The van der Waals surface area contributed by atoms with Gasteiger partial charge in [0.25, 0.3) is 0 Å². The lowest BCUT2D eigenvalue weighted by Crippen LogP contribution is -2.25. The molecule has 96 valence electrons. The number of nitrogens with one attached hydrogen (secondary N) is 2. The Hall–Kier alpha value is -1.08. The van der Waals surface area contributed by atoms with Gasteiger partial charge in [-0.3, -0.25) is 9.82 Å². The van der Waals surface area contributed by atoms with Crippen molar-refractivity contribution < 1.29 is 13.2 Å². The largest absolute Gasteiger partial charge is 0.377 e. The zero-order chi connectivity index (χ0) is 12.3. The quantitative estimate of drug-likeness (QED) is 0.822. The number of sulfonamides is 1. The van der Waals surface area contributed by atoms with E-state index in [-0.39, 0.29) is 11.9 Å². The van der Waals surface area contributed by atoms with Gasteiger partial charge in [0.05, 0.1) is 11.9 Å². The van der Waals surface area contributed by atoms with E-state index in [2.05, 4.69) is 14.9 Å². The molecule has 1 atom stereocenters. The third-order valence-electron chi connectivity index (χ3n) is 2.70. The number of aromatic amines is 1. The van der Waals surface area contributed by atoms with Gasteiger partial charge in [-0.1, -0.05) is 6.92 Å². The number of H-pyrrole nitrogens is 1. The predicted octanol–water partition coefficient (Wildman–Crippen LogP) is 0.893. The normalized spacial score (nSPS) is 20.6. The zero-order valence-corrected chi connectivity index (χ0v) is 10.6. The van der Waals surface area contributed by atoms with Gasteiger partial charge in [-0.25, -0.2) is 8.42 Å². The zero-order valence-electron chi connectivity index (χ0n) is 9.77. The fourth-order valence-electron chi connectivity index (χ4n) is 1.82. The van der Waals surface area contributed by atoms with Crippen LogP contribution < -0.4 is 4.72 Å². The molecule has 1 saturated heterocycles. The lowest BCUT2D eigenvalue weighted by Gasteiger charge is -2.10. The van der Waals surface area contributed by atoms with Gasteiger partial charge in [-0.15, -0.1) is 0 Å². The van der Waals surface area contributed by atoms with Gasteiger partial charge < -0.3 is 4.74 Å². The van der Waals surface area contributed by atoms with Crippen molar-refractivity contribution in [3.05, 3.63) is 11.8 Å². The Bertz CT molecular complexity index is 463. The van der Waals surface area contributed by atoms with Crippen molar-refractivity contribution in [1.82, 2.24) is 10.2 Å². The Kier molecular flexibility index (Phi) is 3.68. The standard InChI is InChI=1S/C10H17N3O3S/c1-2-8-6-10(12-11-8)13-17(14,15)7-9-4-3-5-16-9/h6,9H,2-5,7H2,1H3,(H2,11,12,13). The summed E-state index contributed by atoms with van der Waals surface area (Å²) in [5.74, 6) is 0.348. The monoisotopic (exact) mass is 259 g/mol. The van der Waals surface area contributed by atoms with E-state index in [1.807, 2.05) is 6.92 Å². The first-order valence-corrected chi connectivity index (χ1v) is 7.40. The van der Waals surface area contributed by atoms with Crippen molar-refractivity contribution in [2.45, 2.75) is 32.3 Å². The van der Waals surface area contributed by atoms with Crippen LogP contribution in [-0.4, -0.2) is 37.1 Å². The Morgan fingerprint density at radius 2 is 2.47 bits per heavy atom. The summed E-state index contributed by atoms with van der Waals surface area (Å²) >= 11 is 0. The van der Waals surface area contributed by atoms with Crippen LogP contribution in [0.2, 0.25) is 0 Å². The van der Waals surface area contributed by atoms with E-state index in [0.29, 0.717) is 12.4 Å². The van der Waals surface area contributed by atoms with Crippen LogP contribution >= 0.6 is 0 Å². The van der Waals surface area contributed by atoms with Gasteiger partial charge in [-0.05, 0) is 19.3 Å². The molecule has 1 aromatic heterocycles. The van der Waals surface area contributed by atoms with Crippen LogP contribution in [0.3, 0.4) is 0 Å². The van der Waals surface area contributed by atoms with Crippen molar-refractivity contribution >= 4 is 15.8 Å². The van der Waals surface area contributed by atoms with E-state index in [0.717, 1.165) is 25.0 Å². The van der Waals surface area contributed by atoms with Crippen LogP contribution in [0.25, 0.3) is 0 Å². The van der Waals surface area contributed by atoms with Gasteiger partial charge >= 0.3 is 0 Å². The topological polar surface area (TPSA) is 84.1 Å². The van der Waals surface area contributed by atoms with Crippen molar-refractivity contribution in [3.63, 3.8) is 0 Å². The van der Waals surface area contributed by atoms with Crippen molar-refractivity contribution in [1.29, 1.82) is 0 Å². The highest BCUT2D eigenvalue weighted by Gasteiger charge is 2.23. The maximum Gasteiger partial charge on any atom is 0.236 e. The van der Waals surface area contributed by atoms with E-state index in [9.17, 15) is 8.42 Å². The summed E-state index contributed by atoms with van der Waals surface area (Å²) in [6, 6.07) is 1.70. The lowest BCUT2D eigenvalue weighted by molar-refractivity contribution is 0.127. The molecule has 1 aliphatic rings. The molecule has 0 radical (unpaired) electrons. The van der Waals surface area contributed by atoms with Gasteiger partial charge in [0.15, 0.2) is 5.82 Å². The van der Waals surface area contributed by atoms with E-state index in [1.165, 1.54) is 0 Å². The van der Waals surface area contributed by atoms with E-state index >= 15 is 0 Å². The molecule has 2 heterocycles. The molecule has 2 N–H and O–H groups in total. The first-order chi connectivity index (χ1) is 8.09. The minimum Gasteiger partial charge on any atom is -0.377 e. The van der Waals surface area contributed by atoms with Gasteiger partial charge in [0.1, 0.15) is 0 Å². The molecule has 1 fully saturated rings. The first-order valence-electron chi connectivity index (χ1n) is 5.75. The number of hydrogen-bond donors (Lipinski definition) is 2. The highest BCUT2D eigenvalue weighted by Crippen LogP contribution is 2.15. The molecule has 1 unspecified atom stereocenters.